The van der Waals surface area contributed by atoms with E-state index < -0.39 is 0 Å². The van der Waals surface area contributed by atoms with E-state index in [1.165, 1.54) is 29.9 Å². The maximum atomic E-state index is 12.2. The summed E-state index contributed by atoms with van der Waals surface area (Å²) in [6.07, 6.45) is 4.79. The van der Waals surface area contributed by atoms with Crippen molar-refractivity contribution in [1.29, 1.82) is 0 Å². The topological polar surface area (TPSA) is 52.9 Å². The standard InChI is InChI=1S/C23H31N5O/c1-18-16-20(19(2)28(18)22-8-9-22)17-24-25-23(29)10-11-26-12-14-27(15-13-26)21-6-4-3-5-7-21/h3-7,16-17,22H,8-15H2,1-2H3,(H,25,29)/b24-17+. The van der Waals surface area contributed by atoms with E-state index in [9.17, 15) is 4.79 Å². The van der Waals surface area contributed by atoms with Gasteiger partial charge >= 0.3 is 0 Å². The van der Waals surface area contributed by atoms with Crippen LogP contribution in [0.1, 0.15) is 42.3 Å². The summed E-state index contributed by atoms with van der Waals surface area (Å²) in [5, 5.41) is 4.19. The van der Waals surface area contributed by atoms with E-state index in [0.717, 1.165) is 38.3 Å². The second kappa shape index (κ2) is 8.82. The van der Waals surface area contributed by atoms with Crippen molar-refractivity contribution >= 4 is 17.8 Å². The first-order valence-electron chi connectivity index (χ1n) is 10.6. The minimum absolute atomic E-state index is 0.0252. The van der Waals surface area contributed by atoms with Crippen LogP contribution in [0.5, 0.6) is 0 Å². The van der Waals surface area contributed by atoms with Gasteiger partial charge in [-0.1, -0.05) is 18.2 Å². The summed E-state index contributed by atoms with van der Waals surface area (Å²) >= 11 is 0. The minimum Gasteiger partial charge on any atom is -0.369 e. The molecule has 1 aromatic carbocycles. The van der Waals surface area contributed by atoms with Crippen LogP contribution in [0.25, 0.3) is 0 Å². The number of carbonyl (C=O) groups is 1. The number of amides is 1. The Morgan fingerprint density at radius 3 is 2.55 bits per heavy atom. The molecule has 154 valence electrons. The number of para-hydroxylation sites is 1. The predicted octanol–water partition coefficient (Wildman–Crippen LogP) is 3.10. The van der Waals surface area contributed by atoms with Crippen molar-refractivity contribution in [1.82, 2.24) is 14.9 Å². The number of benzene rings is 1. The Morgan fingerprint density at radius 2 is 1.86 bits per heavy atom. The fourth-order valence-corrected chi connectivity index (χ4v) is 4.19. The van der Waals surface area contributed by atoms with E-state index in [2.05, 4.69) is 69.1 Å². The lowest BCUT2D eigenvalue weighted by Gasteiger charge is -2.36. The van der Waals surface area contributed by atoms with E-state index in [1.807, 2.05) is 6.07 Å². The molecule has 1 amide bonds. The highest BCUT2D eigenvalue weighted by molar-refractivity contribution is 5.84. The van der Waals surface area contributed by atoms with Crippen LogP contribution < -0.4 is 10.3 Å². The fraction of sp³-hybridized carbons (Fsp3) is 0.478. The number of nitrogens with one attached hydrogen (secondary N) is 1. The molecule has 1 saturated heterocycles. The normalized spacial score (nSPS) is 17.8. The predicted molar refractivity (Wildman–Crippen MR) is 118 cm³/mol. The highest BCUT2D eigenvalue weighted by Gasteiger charge is 2.26. The first-order valence-corrected chi connectivity index (χ1v) is 10.6. The molecule has 2 aliphatic rings. The summed E-state index contributed by atoms with van der Waals surface area (Å²) < 4.78 is 2.39. The number of piperazine rings is 1. The van der Waals surface area contributed by atoms with E-state index in [0.29, 0.717) is 12.5 Å². The van der Waals surface area contributed by atoms with Gasteiger partial charge in [0.25, 0.3) is 0 Å². The Bertz CT molecular complexity index is 861. The van der Waals surface area contributed by atoms with Gasteiger partial charge in [-0.3, -0.25) is 9.69 Å². The van der Waals surface area contributed by atoms with Crippen molar-refractivity contribution in [3.63, 3.8) is 0 Å². The van der Waals surface area contributed by atoms with Gasteiger partial charge in [-0.25, -0.2) is 5.43 Å². The van der Waals surface area contributed by atoms with Crippen molar-refractivity contribution in [2.75, 3.05) is 37.6 Å². The lowest BCUT2D eigenvalue weighted by molar-refractivity contribution is -0.121. The monoisotopic (exact) mass is 393 g/mol. The minimum atomic E-state index is -0.0252. The SMILES string of the molecule is Cc1cc(/C=N/NC(=O)CCN2CCN(c3ccccc3)CC2)c(C)n1C1CC1. The molecule has 0 unspecified atom stereocenters. The Kier molecular flexibility index (Phi) is 6.00. The molecule has 0 spiro atoms. The summed E-state index contributed by atoms with van der Waals surface area (Å²) in [6.45, 7) is 9.01. The summed E-state index contributed by atoms with van der Waals surface area (Å²) in [4.78, 5) is 16.9. The number of carbonyl (C=O) groups excluding carboxylic acids is 1. The number of hydrogen-bond donors (Lipinski definition) is 1. The first-order chi connectivity index (χ1) is 14.1. The van der Waals surface area contributed by atoms with Gasteiger partial charge in [0, 0.05) is 67.8 Å². The Labute approximate surface area is 173 Å². The molecular formula is C23H31N5O. The molecule has 1 aliphatic carbocycles. The Morgan fingerprint density at radius 1 is 1.14 bits per heavy atom. The maximum Gasteiger partial charge on any atom is 0.241 e. The third kappa shape index (κ3) is 4.88. The Hall–Kier alpha value is -2.60. The molecule has 6 nitrogen and oxygen atoms in total. The number of nitrogens with zero attached hydrogens (tertiary/aromatic N) is 4. The lowest BCUT2D eigenvalue weighted by atomic mass is 10.2. The van der Waals surface area contributed by atoms with Crippen LogP contribution in [0.15, 0.2) is 41.5 Å². The molecule has 2 aromatic rings. The van der Waals surface area contributed by atoms with Gasteiger partial charge in [0.15, 0.2) is 0 Å². The number of anilines is 1. The van der Waals surface area contributed by atoms with E-state index in [1.54, 1.807) is 6.21 Å². The number of hydrogen-bond acceptors (Lipinski definition) is 4. The van der Waals surface area contributed by atoms with Crippen LogP contribution in [0, 0.1) is 13.8 Å². The lowest BCUT2D eigenvalue weighted by Crippen LogP contribution is -2.47. The van der Waals surface area contributed by atoms with Gasteiger partial charge in [-0.15, -0.1) is 0 Å². The molecule has 0 radical (unpaired) electrons. The zero-order valence-electron chi connectivity index (χ0n) is 17.5. The van der Waals surface area contributed by atoms with Gasteiger partial charge in [0.1, 0.15) is 0 Å². The summed E-state index contributed by atoms with van der Waals surface area (Å²) in [7, 11) is 0. The average molecular weight is 394 g/mol. The third-order valence-corrected chi connectivity index (χ3v) is 5.98. The van der Waals surface area contributed by atoms with Crippen LogP contribution in [0.3, 0.4) is 0 Å². The number of aryl methyl sites for hydroxylation is 1. The number of hydrazone groups is 1. The van der Waals surface area contributed by atoms with Gasteiger partial charge in [0.2, 0.25) is 5.91 Å². The molecule has 1 N–H and O–H groups in total. The van der Waals surface area contributed by atoms with E-state index in [-0.39, 0.29) is 5.91 Å². The average Bonchev–Trinajstić information content (AvgIpc) is 3.53. The second-order valence-electron chi connectivity index (χ2n) is 8.14. The summed E-state index contributed by atoms with van der Waals surface area (Å²) in [5.74, 6) is -0.0252. The molecule has 0 atom stereocenters. The summed E-state index contributed by atoms with van der Waals surface area (Å²) in [6, 6.07) is 13.3. The molecule has 6 heteroatoms. The van der Waals surface area contributed by atoms with Crippen LogP contribution >= 0.6 is 0 Å². The van der Waals surface area contributed by atoms with Crippen LogP contribution in [0.4, 0.5) is 5.69 Å². The molecule has 1 aliphatic heterocycles. The van der Waals surface area contributed by atoms with Crippen molar-refractivity contribution in [2.45, 2.75) is 39.2 Å². The van der Waals surface area contributed by atoms with Gasteiger partial charge in [-0.2, -0.15) is 5.10 Å². The van der Waals surface area contributed by atoms with Gasteiger partial charge in [0.05, 0.1) is 6.21 Å². The zero-order valence-corrected chi connectivity index (χ0v) is 17.5. The molecule has 0 bridgehead atoms. The van der Waals surface area contributed by atoms with Crippen molar-refractivity contribution in [3.05, 3.63) is 53.3 Å². The van der Waals surface area contributed by atoms with E-state index >= 15 is 0 Å². The van der Waals surface area contributed by atoms with Crippen LogP contribution in [0.2, 0.25) is 0 Å². The van der Waals surface area contributed by atoms with Crippen molar-refractivity contribution < 1.29 is 4.79 Å². The molecule has 2 heterocycles. The van der Waals surface area contributed by atoms with Crippen LogP contribution in [-0.2, 0) is 4.79 Å². The van der Waals surface area contributed by atoms with Gasteiger partial charge in [-0.05, 0) is 44.9 Å². The molecule has 2 fully saturated rings. The largest absolute Gasteiger partial charge is 0.369 e. The third-order valence-electron chi connectivity index (χ3n) is 5.98. The molecule has 1 saturated carbocycles. The highest BCUT2D eigenvalue weighted by atomic mass is 16.2. The molecule has 29 heavy (non-hydrogen) atoms. The molecule has 1 aromatic heterocycles. The molecule has 4 rings (SSSR count). The Balaban J connectivity index is 1.19. The molecular weight excluding hydrogens is 362 g/mol. The van der Waals surface area contributed by atoms with Crippen molar-refractivity contribution in [2.24, 2.45) is 5.10 Å². The fourth-order valence-electron chi connectivity index (χ4n) is 4.19. The van der Waals surface area contributed by atoms with E-state index in [4.69, 9.17) is 0 Å². The van der Waals surface area contributed by atoms with Crippen molar-refractivity contribution in [3.8, 4) is 0 Å². The van der Waals surface area contributed by atoms with Crippen LogP contribution in [-0.4, -0.2) is 54.3 Å². The zero-order chi connectivity index (χ0) is 20.2. The number of aromatic nitrogens is 1. The van der Waals surface area contributed by atoms with Gasteiger partial charge < -0.3 is 9.47 Å². The number of rotatable bonds is 7. The smallest absolute Gasteiger partial charge is 0.241 e. The highest BCUT2D eigenvalue weighted by Crippen LogP contribution is 2.38. The first kappa shape index (κ1) is 19.7. The quantitative estimate of drug-likeness (QED) is 0.581. The second-order valence-corrected chi connectivity index (χ2v) is 8.14. The maximum absolute atomic E-state index is 12.2. The summed E-state index contributed by atoms with van der Waals surface area (Å²) in [5.41, 5.74) is 7.56.